The molecular weight excluding hydrogens is 324 g/mol. The summed E-state index contributed by atoms with van der Waals surface area (Å²) in [6, 6.07) is 9.07. The van der Waals surface area contributed by atoms with Crippen LogP contribution in [0, 0.1) is 5.92 Å². The van der Waals surface area contributed by atoms with Crippen molar-refractivity contribution in [2.75, 3.05) is 45.9 Å². The molecule has 0 radical (unpaired) electrons. The topological polar surface area (TPSA) is 48.9 Å². The van der Waals surface area contributed by atoms with Crippen LogP contribution in [0.25, 0.3) is 0 Å². The number of aliphatic imine (C=N–C) groups is 1. The highest BCUT2D eigenvalue weighted by Crippen LogP contribution is 2.13. The Hall–Kier alpha value is -1.59. The molecule has 1 fully saturated rings. The molecule has 5 heteroatoms. The minimum atomic E-state index is 0.230. The van der Waals surface area contributed by atoms with Crippen LogP contribution in [0.4, 0.5) is 0 Å². The lowest BCUT2D eigenvalue weighted by Gasteiger charge is -2.28. The van der Waals surface area contributed by atoms with Gasteiger partial charge in [0.2, 0.25) is 0 Å². The fraction of sp³-hybridized carbons (Fsp3) is 0.667. The van der Waals surface area contributed by atoms with Gasteiger partial charge in [-0.15, -0.1) is 0 Å². The highest BCUT2D eigenvalue weighted by molar-refractivity contribution is 5.80. The molecule has 0 aliphatic carbocycles. The van der Waals surface area contributed by atoms with Gasteiger partial charge in [-0.25, -0.2) is 0 Å². The second-order valence-corrected chi connectivity index (χ2v) is 7.20. The molecule has 2 atom stereocenters. The Morgan fingerprint density at radius 1 is 1.15 bits per heavy atom. The molecule has 26 heavy (non-hydrogen) atoms. The van der Waals surface area contributed by atoms with Gasteiger partial charge in [0.25, 0.3) is 0 Å². The quantitative estimate of drug-likeness (QED) is 0.553. The summed E-state index contributed by atoms with van der Waals surface area (Å²) in [4.78, 5) is 7.29. The predicted molar refractivity (Wildman–Crippen MR) is 110 cm³/mol. The van der Waals surface area contributed by atoms with Gasteiger partial charge in [0.1, 0.15) is 0 Å². The lowest BCUT2D eigenvalue weighted by molar-refractivity contribution is 0.0323. The van der Waals surface area contributed by atoms with Crippen molar-refractivity contribution in [3.8, 4) is 0 Å². The average Bonchev–Trinajstić information content (AvgIpc) is 2.67. The van der Waals surface area contributed by atoms with Gasteiger partial charge in [-0.3, -0.25) is 9.89 Å². The van der Waals surface area contributed by atoms with E-state index in [1.165, 1.54) is 11.1 Å². The molecule has 0 bridgehead atoms. The lowest BCUT2D eigenvalue weighted by Crippen LogP contribution is -2.41. The molecule has 1 saturated heterocycles. The maximum Gasteiger partial charge on any atom is 0.191 e. The fourth-order valence-corrected chi connectivity index (χ4v) is 3.18. The van der Waals surface area contributed by atoms with E-state index in [1.807, 2.05) is 0 Å². The van der Waals surface area contributed by atoms with E-state index in [4.69, 9.17) is 9.73 Å². The molecule has 0 saturated carbocycles. The van der Waals surface area contributed by atoms with Crippen molar-refractivity contribution >= 4 is 5.96 Å². The zero-order valence-electron chi connectivity index (χ0n) is 16.9. The van der Waals surface area contributed by atoms with E-state index in [-0.39, 0.29) is 6.04 Å². The molecule has 0 aromatic heterocycles. The molecular formula is C21H36N4O. The number of hydrogen-bond donors (Lipinski definition) is 2. The largest absolute Gasteiger partial charge is 0.379 e. The van der Waals surface area contributed by atoms with E-state index in [0.717, 1.165) is 58.3 Å². The van der Waals surface area contributed by atoms with Crippen LogP contribution in [0.5, 0.6) is 0 Å². The summed E-state index contributed by atoms with van der Waals surface area (Å²) < 4.78 is 5.42. The van der Waals surface area contributed by atoms with E-state index in [1.54, 1.807) is 0 Å². The van der Waals surface area contributed by atoms with Gasteiger partial charge < -0.3 is 15.4 Å². The smallest absolute Gasteiger partial charge is 0.191 e. The number of rotatable bonds is 8. The summed E-state index contributed by atoms with van der Waals surface area (Å²) in [6.07, 6.45) is 1.08. The summed E-state index contributed by atoms with van der Waals surface area (Å²) in [5, 5.41) is 6.91. The van der Waals surface area contributed by atoms with Crippen molar-refractivity contribution in [3.05, 3.63) is 35.4 Å². The lowest BCUT2D eigenvalue weighted by atomic mass is 10.1. The molecule has 2 N–H and O–H groups in total. The molecule has 5 nitrogen and oxygen atoms in total. The van der Waals surface area contributed by atoms with Gasteiger partial charge in [0, 0.05) is 32.7 Å². The van der Waals surface area contributed by atoms with E-state index in [9.17, 15) is 0 Å². The Labute approximate surface area is 159 Å². The monoisotopic (exact) mass is 360 g/mol. The molecule has 1 aliphatic rings. The highest BCUT2D eigenvalue weighted by atomic mass is 16.5. The molecule has 2 rings (SSSR count). The Bertz CT molecular complexity index is 537. The first-order chi connectivity index (χ1) is 12.6. The SMILES string of the molecule is CCNC(=NCC(C)CN1CCOCC1)NC(C)c1ccc(CC)cc1. The van der Waals surface area contributed by atoms with Crippen molar-refractivity contribution < 1.29 is 4.74 Å². The molecule has 146 valence electrons. The second kappa shape index (κ2) is 11.2. The minimum absolute atomic E-state index is 0.230. The number of guanidine groups is 1. The third kappa shape index (κ3) is 6.96. The maximum atomic E-state index is 5.42. The third-order valence-corrected chi connectivity index (χ3v) is 4.82. The molecule has 1 aromatic carbocycles. The Kier molecular flexibility index (Phi) is 8.92. The molecule has 1 aromatic rings. The first-order valence-corrected chi connectivity index (χ1v) is 10.1. The summed E-state index contributed by atoms with van der Waals surface area (Å²) in [6.45, 7) is 15.3. The summed E-state index contributed by atoms with van der Waals surface area (Å²) in [5.41, 5.74) is 2.66. The normalized spacial score (nSPS) is 18.4. The fourth-order valence-electron chi connectivity index (χ4n) is 3.18. The Morgan fingerprint density at radius 3 is 2.46 bits per heavy atom. The summed E-state index contributed by atoms with van der Waals surface area (Å²) in [7, 11) is 0. The number of nitrogens with one attached hydrogen (secondary N) is 2. The van der Waals surface area contributed by atoms with Gasteiger partial charge in [0.05, 0.1) is 19.3 Å². The van der Waals surface area contributed by atoms with Crippen LogP contribution < -0.4 is 10.6 Å². The Morgan fingerprint density at radius 2 is 1.85 bits per heavy atom. The number of benzene rings is 1. The van der Waals surface area contributed by atoms with Crippen LogP contribution in [0.1, 0.15) is 44.9 Å². The van der Waals surface area contributed by atoms with E-state index >= 15 is 0 Å². The molecule has 1 heterocycles. The average molecular weight is 361 g/mol. The highest BCUT2D eigenvalue weighted by Gasteiger charge is 2.14. The zero-order chi connectivity index (χ0) is 18.8. The van der Waals surface area contributed by atoms with Crippen LogP contribution in [-0.2, 0) is 11.2 Å². The van der Waals surface area contributed by atoms with Gasteiger partial charge in [-0.2, -0.15) is 0 Å². The molecule has 1 aliphatic heterocycles. The first kappa shape index (κ1) is 20.7. The number of nitrogens with zero attached hydrogens (tertiary/aromatic N) is 2. The molecule has 0 amide bonds. The van der Waals surface area contributed by atoms with Crippen LogP contribution in [0.3, 0.4) is 0 Å². The van der Waals surface area contributed by atoms with E-state index in [0.29, 0.717) is 5.92 Å². The summed E-state index contributed by atoms with van der Waals surface area (Å²) >= 11 is 0. The molecule has 0 spiro atoms. The van der Waals surface area contributed by atoms with Gasteiger partial charge in [-0.1, -0.05) is 38.1 Å². The maximum absolute atomic E-state index is 5.42. The van der Waals surface area contributed by atoms with Gasteiger partial charge >= 0.3 is 0 Å². The van der Waals surface area contributed by atoms with Crippen LogP contribution in [-0.4, -0.2) is 56.8 Å². The number of ether oxygens (including phenoxy) is 1. The van der Waals surface area contributed by atoms with Crippen molar-refractivity contribution in [3.63, 3.8) is 0 Å². The molecule has 2 unspecified atom stereocenters. The minimum Gasteiger partial charge on any atom is -0.379 e. The van der Waals surface area contributed by atoms with Crippen LogP contribution in [0.15, 0.2) is 29.3 Å². The summed E-state index contributed by atoms with van der Waals surface area (Å²) in [5.74, 6) is 1.43. The van der Waals surface area contributed by atoms with Crippen LogP contribution >= 0.6 is 0 Å². The number of hydrogen-bond acceptors (Lipinski definition) is 3. The van der Waals surface area contributed by atoms with E-state index in [2.05, 4.69) is 67.5 Å². The van der Waals surface area contributed by atoms with Gasteiger partial charge in [-0.05, 0) is 37.3 Å². The van der Waals surface area contributed by atoms with Crippen molar-refractivity contribution in [2.45, 2.75) is 40.2 Å². The number of morpholine rings is 1. The zero-order valence-corrected chi connectivity index (χ0v) is 16.9. The van der Waals surface area contributed by atoms with E-state index < -0.39 is 0 Å². The van der Waals surface area contributed by atoms with Gasteiger partial charge in [0.15, 0.2) is 5.96 Å². The first-order valence-electron chi connectivity index (χ1n) is 10.1. The standard InChI is InChI=1S/C21H36N4O/c1-5-19-7-9-20(10-8-19)18(4)24-21(22-6-2)23-15-17(3)16-25-11-13-26-14-12-25/h7-10,17-18H,5-6,11-16H2,1-4H3,(H2,22,23,24). The third-order valence-electron chi connectivity index (χ3n) is 4.82. The van der Waals surface area contributed by atoms with Crippen molar-refractivity contribution in [1.82, 2.24) is 15.5 Å². The predicted octanol–water partition coefficient (Wildman–Crippen LogP) is 2.83. The van der Waals surface area contributed by atoms with Crippen molar-refractivity contribution in [2.24, 2.45) is 10.9 Å². The van der Waals surface area contributed by atoms with Crippen LogP contribution in [0.2, 0.25) is 0 Å². The number of aryl methyl sites for hydroxylation is 1. The second-order valence-electron chi connectivity index (χ2n) is 7.20. The Balaban J connectivity index is 1.87. The van der Waals surface area contributed by atoms with Crippen molar-refractivity contribution in [1.29, 1.82) is 0 Å².